The number of carbonyl (C=O) groups is 2. The quantitative estimate of drug-likeness (QED) is 0.779. The van der Waals surface area contributed by atoms with Gasteiger partial charge in [0.2, 0.25) is 0 Å². The molecular weight excluding hydrogens is 276 g/mol. The molecule has 0 spiro atoms. The lowest BCUT2D eigenvalue weighted by Crippen LogP contribution is -2.47. The van der Waals surface area contributed by atoms with Crippen molar-refractivity contribution in [1.29, 1.82) is 0 Å². The van der Waals surface area contributed by atoms with Crippen LogP contribution in [0.5, 0.6) is 0 Å². The summed E-state index contributed by atoms with van der Waals surface area (Å²) in [4.78, 5) is 24.9. The van der Waals surface area contributed by atoms with Crippen molar-refractivity contribution in [1.82, 2.24) is 20.3 Å². The van der Waals surface area contributed by atoms with E-state index in [1.54, 1.807) is 0 Å². The summed E-state index contributed by atoms with van der Waals surface area (Å²) in [7, 11) is 0. The third-order valence-corrected chi connectivity index (χ3v) is 3.74. The average molecular weight is 294 g/mol. The summed E-state index contributed by atoms with van der Waals surface area (Å²) in [6.07, 6.45) is 3.60. The number of nitrogens with zero attached hydrogens (tertiary/aromatic N) is 3. The summed E-state index contributed by atoms with van der Waals surface area (Å²) in [6.45, 7) is 4.32. The van der Waals surface area contributed by atoms with Crippen LogP contribution in [-0.2, 0) is 16.0 Å². The van der Waals surface area contributed by atoms with Gasteiger partial charge in [0.25, 0.3) is 0 Å². The zero-order chi connectivity index (χ0) is 15.3. The number of carboxylic acids is 1. The minimum absolute atomic E-state index is 0.151. The number of likely N-dealkylation sites (tertiary alicyclic amines) is 1. The molecule has 1 saturated heterocycles. The maximum Gasteiger partial charge on any atom is 0.410 e. The first-order valence-electron chi connectivity index (χ1n) is 6.68. The highest BCUT2D eigenvalue weighted by Crippen LogP contribution is 2.35. The molecule has 2 N–H and O–H groups in total. The van der Waals surface area contributed by atoms with Crippen LogP contribution in [-0.4, -0.2) is 57.2 Å². The van der Waals surface area contributed by atoms with Crippen LogP contribution in [0.1, 0.15) is 18.5 Å². The number of hydrogen-bond donors (Lipinski definition) is 2. The fourth-order valence-electron chi connectivity index (χ4n) is 2.46. The van der Waals surface area contributed by atoms with Crippen molar-refractivity contribution in [3.8, 4) is 0 Å². The molecule has 1 fully saturated rings. The molecule has 8 nitrogen and oxygen atoms in total. The summed E-state index contributed by atoms with van der Waals surface area (Å²) < 4.78 is 4.96. The van der Waals surface area contributed by atoms with E-state index in [2.05, 4.69) is 22.0 Å². The lowest BCUT2D eigenvalue weighted by Gasteiger charge is -2.37. The molecule has 2 rings (SSSR count). The first-order chi connectivity index (χ1) is 10.1. The van der Waals surface area contributed by atoms with Crippen molar-refractivity contribution >= 4 is 12.1 Å². The second kappa shape index (κ2) is 6.38. The molecule has 1 aromatic heterocycles. The van der Waals surface area contributed by atoms with Crippen molar-refractivity contribution in [3.63, 3.8) is 0 Å². The first kappa shape index (κ1) is 15.0. The third-order valence-electron chi connectivity index (χ3n) is 3.74. The number of carboxylic acid groups (broad SMARTS) is 1. The number of rotatable bonds is 5. The Morgan fingerprint density at radius 1 is 1.52 bits per heavy atom. The normalized spacial score (nSPS) is 17.2. The van der Waals surface area contributed by atoms with Crippen molar-refractivity contribution in [2.75, 3.05) is 19.7 Å². The molecule has 1 aliphatic rings. The van der Waals surface area contributed by atoms with Crippen LogP contribution < -0.4 is 0 Å². The van der Waals surface area contributed by atoms with E-state index in [-0.39, 0.29) is 6.61 Å². The van der Waals surface area contributed by atoms with Gasteiger partial charge in [0.05, 0.1) is 17.3 Å². The number of aromatic nitrogens is 3. The van der Waals surface area contributed by atoms with E-state index in [4.69, 9.17) is 4.74 Å². The summed E-state index contributed by atoms with van der Waals surface area (Å²) >= 11 is 0. The summed E-state index contributed by atoms with van der Waals surface area (Å²) in [5.74, 6) is -0.871. The van der Waals surface area contributed by atoms with E-state index in [0.29, 0.717) is 38.0 Å². The first-order valence-corrected chi connectivity index (χ1v) is 6.68. The Morgan fingerprint density at radius 3 is 2.76 bits per heavy atom. The number of carbonyl (C=O) groups excluding carboxylic acids is 1. The number of ether oxygens (including phenoxy) is 1. The van der Waals surface area contributed by atoms with Crippen LogP contribution in [0.3, 0.4) is 0 Å². The Kier molecular flexibility index (Phi) is 4.56. The van der Waals surface area contributed by atoms with Crippen LogP contribution in [0, 0.1) is 5.41 Å². The van der Waals surface area contributed by atoms with Crippen LogP contribution in [0.15, 0.2) is 18.9 Å². The van der Waals surface area contributed by atoms with Gasteiger partial charge in [0, 0.05) is 19.5 Å². The van der Waals surface area contributed by atoms with Crippen LogP contribution in [0.4, 0.5) is 4.79 Å². The van der Waals surface area contributed by atoms with E-state index in [1.807, 2.05) is 0 Å². The number of piperidine rings is 1. The molecule has 1 aromatic rings. The monoisotopic (exact) mass is 294 g/mol. The van der Waals surface area contributed by atoms with Gasteiger partial charge < -0.3 is 14.7 Å². The van der Waals surface area contributed by atoms with Crippen LogP contribution in [0.25, 0.3) is 0 Å². The van der Waals surface area contributed by atoms with E-state index in [1.165, 1.54) is 17.2 Å². The fourth-order valence-corrected chi connectivity index (χ4v) is 2.46. The second-order valence-electron chi connectivity index (χ2n) is 5.08. The van der Waals surface area contributed by atoms with Crippen molar-refractivity contribution in [3.05, 3.63) is 24.5 Å². The van der Waals surface area contributed by atoms with Gasteiger partial charge in [-0.05, 0) is 12.8 Å². The van der Waals surface area contributed by atoms with Crippen molar-refractivity contribution in [2.45, 2.75) is 19.3 Å². The molecule has 0 atom stereocenters. The Bertz CT molecular complexity index is 506. The molecule has 0 saturated carbocycles. The Morgan fingerprint density at radius 2 is 2.24 bits per heavy atom. The predicted octanol–water partition coefficient (Wildman–Crippen LogP) is 0.837. The largest absolute Gasteiger partial charge is 0.481 e. The van der Waals surface area contributed by atoms with Gasteiger partial charge in [-0.15, -0.1) is 0 Å². The number of nitrogens with one attached hydrogen (secondary N) is 1. The standard InChI is InChI=1S/C13H18N4O4/c1-2-7-21-12(20)17-5-3-13(4-6-17,11(18)19)8-10-9-14-16-15-10/h2,9H,1,3-8H2,(H,18,19)(H,14,15,16). The molecular formula is C13H18N4O4. The molecule has 1 amide bonds. The molecule has 8 heteroatoms. The molecule has 0 aliphatic carbocycles. The zero-order valence-electron chi connectivity index (χ0n) is 11.6. The number of amides is 1. The van der Waals surface area contributed by atoms with Crippen LogP contribution in [0.2, 0.25) is 0 Å². The lowest BCUT2D eigenvalue weighted by molar-refractivity contribution is -0.151. The van der Waals surface area contributed by atoms with Gasteiger partial charge in [-0.25, -0.2) is 4.79 Å². The average Bonchev–Trinajstić information content (AvgIpc) is 2.98. The van der Waals surface area contributed by atoms with E-state index in [0.717, 1.165) is 0 Å². The van der Waals surface area contributed by atoms with Gasteiger partial charge >= 0.3 is 12.1 Å². The SMILES string of the molecule is C=CCOC(=O)N1CCC(Cc2cn[nH]n2)(C(=O)O)CC1. The molecule has 0 bridgehead atoms. The Balaban J connectivity index is 1.99. The second-order valence-corrected chi connectivity index (χ2v) is 5.08. The molecule has 21 heavy (non-hydrogen) atoms. The van der Waals surface area contributed by atoms with Gasteiger partial charge in [0.1, 0.15) is 6.61 Å². The highest BCUT2D eigenvalue weighted by Gasteiger charge is 2.43. The van der Waals surface area contributed by atoms with E-state index >= 15 is 0 Å². The van der Waals surface area contributed by atoms with Crippen molar-refractivity contribution in [2.24, 2.45) is 5.41 Å². The lowest BCUT2D eigenvalue weighted by atomic mass is 9.75. The van der Waals surface area contributed by atoms with Crippen LogP contribution >= 0.6 is 0 Å². The number of aromatic amines is 1. The van der Waals surface area contributed by atoms with Crippen molar-refractivity contribution < 1.29 is 19.4 Å². The maximum absolute atomic E-state index is 11.7. The molecule has 1 aliphatic heterocycles. The number of hydrogen-bond acceptors (Lipinski definition) is 5. The third kappa shape index (κ3) is 3.39. The summed E-state index contributed by atoms with van der Waals surface area (Å²) in [5.41, 5.74) is -0.299. The molecule has 2 heterocycles. The zero-order valence-corrected chi connectivity index (χ0v) is 11.6. The van der Waals surface area contributed by atoms with Gasteiger partial charge in [-0.2, -0.15) is 15.4 Å². The fraction of sp³-hybridized carbons (Fsp3) is 0.538. The van der Waals surface area contributed by atoms with Gasteiger partial charge in [-0.1, -0.05) is 12.7 Å². The predicted molar refractivity (Wildman–Crippen MR) is 72.5 cm³/mol. The smallest absolute Gasteiger partial charge is 0.410 e. The minimum atomic E-state index is -0.911. The molecule has 0 radical (unpaired) electrons. The molecule has 0 unspecified atom stereocenters. The summed E-state index contributed by atoms with van der Waals surface area (Å²) in [5, 5.41) is 19.6. The van der Waals surface area contributed by atoms with Gasteiger partial charge in [0.15, 0.2) is 0 Å². The number of H-pyrrole nitrogens is 1. The summed E-state index contributed by atoms with van der Waals surface area (Å²) in [6, 6.07) is 0. The highest BCUT2D eigenvalue weighted by molar-refractivity contribution is 5.76. The topological polar surface area (TPSA) is 108 Å². The maximum atomic E-state index is 11.7. The molecule has 0 aromatic carbocycles. The Labute approximate surface area is 121 Å². The van der Waals surface area contributed by atoms with E-state index in [9.17, 15) is 14.7 Å². The minimum Gasteiger partial charge on any atom is -0.481 e. The number of aliphatic carboxylic acids is 1. The Hall–Kier alpha value is -2.38. The molecule has 114 valence electrons. The van der Waals surface area contributed by atoms with E-state index < -0.39 is 17.5 Å². The van der Waals surface area contributed by atoms with Gasteiger partial charge in [-0.3, -0.25) is 4.79 Å². The highest BCUT2D eigenvalue weighted by atomic mass is 16.6.